The predicted octanol–water partition coefficient (Wildman–Crippen LogP) is 2.29. The standard InChI is InChI=1S/C5H8N2OS/c1-3(2)4-6-7-5(8)9-4/h3-4H,1-2H3. The number of rotatable bonds is 1. The van der Waals surface area contributed by atoms with E-state index in [1.54, 1.807) is 0 Å². The molecule has 1 unspecified atom stereocenters. The van der Waals surface area contributed by atoms with E-state index >= 15 is 0 Å². The summed E-state index contributed by atoms with van der Waals surface area (Å²) in [6.45, 7) is 4.05. The predicted molar refractivity (Wildman–Crippen MR) is 36.5 cm³/mol. The number of carbonyl (C=O) groups excluding carboxylic acids is 1. The monoisotopic (exact) mass is 144 g/mol. The Kier molecular flexibility index (Phi) is 1.85. The molecule has 50 valence electrons. The molecule has 0 aromatic rings. The number of hydrogen-bond donors (Lipinski definition) is 0. The van der Waals surface area contributed by atoms with Crippen LogP contribution in [0.1, 0.15) is 13.8 Å². The molecule has 1 heterocycles. The molecule has 1 aliphatic rings. The summed E-state index contributed by atoms with van der Waals surface area (Å²) in [5.74, 6) is 0.408. The number of azo groups is 1. The number of thioether (sulfide) groups is 1. The SMILES string of the molecule is CC(C)C1N=NC(=O)S1. The van der Waals surface area contributed by atoms with Crippen LogP contribution in [-0.2, 0) is 0 Å². The summed E-state index contributed by atoms with van der Waals surface area (Å²) >= 11 is 1.20. The molecule has 0 saturated carbocycles. The Morgan fingerprint density at radius 1 is 1.67 bits per heavy atom. The van der Waals surface area contributed by atoms with Crippen molar-refractivity contribution in [3.8, 4) is 0 Å². The van der Waals surface area contributed by atoms with Gasteiger partial charge < -0.3 is 0 Å². The number of amides is 1. The quantitative estimate of drug-likeness (QED) is 0.566. The molecule has 9 heavy (non-hydrogen) atoms. The fraction of sp³-hybridized carbons (Fsp3) is 0.800. The van der Waals surface area contributed by atoms with Crippen LogP contribution >= 0.6 is 11.8 Å². The lowest BCUT2D eigenvalue weighted by molar-refractivity contribution is 0.267. The molecule has 0 aromatic heterocycles. The maximum Gasteiger partial charge on any atom is 0.325 e. The second-order valence-corrected chi connectivity index (χ2v) is 3.30. The van der Waals surface area contributed by atoms with Crippen LogP contribution in [0.4, 0.5) is 4.79 Å². The summed E-state index contributed by atoms with van der Waals surface area (Å²) < 4.78 is 0. The van der Waals surface area contributed by atoms with Crippen molar-refractivity contribution in [2.45, 2.75) is 19.2 Å². The molecule has 1 aliphatic heterocycles. The van der Waals surface area contributed by atoms with Crippen LogP contribution in [-0.4, -0.2) is 10.6 Å². The van der Waals surface area contributed by atoms with E-state index in [4.69, 9.17) is 0 Å². The van der Waals surface area contributed by atoms with Crippen molar-refractivity contribution in [1.82, 2.24) is 0 Å². The summed E-state index contributed by atoms with van der Waals surface area (Å²) in [7, 11) is 0. The lowest BCUT2D eigenvalue weighted by Gasteiger charge is -2.04. The van der Waals surface area contributed by atoms with Crippen molar-refractivity contribution in [3.63, 3.8) is 0 Å². The Morgan fingerprint density at radius 3 is 2.56 bits per heavy atom. The second kappa shape index (κ2) is 2.47. The summed E-state index contributed by atoms with van der Waals surface area (Å²) in [4.78, 5) is 10.5. The van der Waals surface area contributed by atoms with Crippen molar-refractivity contribution in [2.24, 2.45) is 16.1 Å². The van der Waals surface area contributed by atoms with Crippen LogP contribution in [0.2, 0.25) is 0 Å². The van der Waals surface area contributed by atoms with Gasteiger partial charge in [0.15, 0.2) is 0 Å². The van der Waals surface area contributed by atoms with Crippen LogP contribution in [0.25, 0.3) is 0 Å². The molecule has 1 amide bonds. The Morgan fingerprint density at radius 2 is 2.33 bits per heavy atom. The van der Waals surface area contributed by atoms with Crippen molar-refractivity contribution in [1.29, 1.82) is 0 Å². The third-order valence-corrected chi connectivity index (χ3v) is 2.21. The van der Waals surface area contributed by atoms with Crippen molar-refractivity contribution >= 4 is 17.0 Å². The molecule has 0 radical (unpaired) electrons. The smallest absolute Gasteiger partial charge is 0.258 e. The fourth-order valence-electron chi connectivity index (χ4n) is 0.524. The van der Waals surface area contributed by atoms with Crippen molar-refractivity contribution < 1.29 is 4.79 Å². The summed E-state index contributed by atoms with van der Waals surface area (Å²) in [6.07, 6.45) is 0. The Bertz CT molecular complexity index is 155. The Balaban J connectivity index is 2.50. The first kappa shape index (κ1) is 6.74. The Hall–Kier alpha value is -0.380. The van der Waals surface area contributed by atoms with Gasteiger partial charge in [0.25, 0.3) is 0 Å². The van der Waals surface area contributed by atoms with E-state index in [2.05, 4.69) is 10.2 Å². The van der Waals surface area contributed by atoms with Gasteiger partial charge >= 0.3 is 5.24 Å². The molecule has 1 atom stereocenters. The lowest BCUT2D eigenvalue weighted by atomic mass is 10.2. The minimum absolute atomic E-state index is 0.0671. The van der Waals surface area contributed by atoms with Crippen LogP contribution in [0, 0.1) is 5.92 Å². The van der Waals surface area contributed by atoms with E-state index in [0.717, 1.165) is 0 Å². The third kappa shape index (κ3) is 1.51. The van der Waals surface area contributed by atoms with Crippen molar-refractivity contribution in [2.75, 3.05) is 0 Å². The van der Waals surface area contributed by atoms with E-state index in [-0.39, 0.29) is 10.6 Å². The van der Waals surface area contributed by atoms with E-state index in [1.807, 2.05) is 13.8 Å². The molecule has 0 bridgehead atoms. The lowest BCUT2D eigenvalue weighted by Crippen LogP contribution is -2.04. The van der Waals surface area contributed by atoms with E-state index < -0.39 is 0 Å². The zero-order chi connectivity index (χ0) is 6.85. The summed E-state index contributed by atoms with van der Waals surface area (Å²) in [5.41, 5.74) is 0. The van der Waals surface area contributed by atoms with Gasteiger partial charge in [-0.1, -0.05) is 13.8 Å². The molecule has 0 aliphatic carbocycles. The number of nitrogens with zero attached hydrogens (tertiary/aromatic N) is 2. The van der Waals surface area contributed by atoms with Gasteiger partial charge in [-0.2, -0.15) is 5.11 Å². The molecule has 4 heteroatoms. The van der Waals surface area contributed by atoms with Gasteiger partial charge in [-0.3, -0.25) is 4.79 Å². The third-order valence-electron chi connectivity index (χ3n) is 1.05. The highest BCUT2D eigenvalue weighted by molar-refractivity contribution is 8.14. The first-order valence-corrected chi connectivity index (χ1v) is 3.69. The minimum atomic E-state index is -0.159. The van der Waals surface area contributed by atoms with E-state index in [9.17, 15) is 4.79 Å². The first-order chi connectivity index (χ1) is 4.20. The molecule has 1 rings (SSSR count). The van der Waals surface area contributed by atoms with Gasteiger partial charge in [0.2, 0.25) is 0 Å². The molecule has 0 aromatic carbocycles. The van der Waals surface area contributed by atoms with E-state index in [0.29, 0.717) is 5.92 Å². The summed E-state index contributed by atoms with van der Waals surface area (Å²) in [5, 5.41) is 7.05. The number of carbonyl (C=O) groups is 1. The molecule has 3 nitrogen and oxygen atoms in total. The minimum Gasteiger partial charge on any atom is -0.258 e. The molecular formula is C5H8N2OS. The van der Waals surface area contributed by atoms with Crippen LogP contribution in [0.15, 0.2) is 10.2 Å². The maximum absolute atomic E-state index is 10.5. The average molecular weight is 144 g/mol. The normalized spacial score (nSPS) is 26.1. The fourth-order valence-corrected chi connectivity index (χ4v) is 1.19. The largest absolute Gasteiger partial charge is 0.325 e. The van der Waals surface area contributed by atoms with Crippen molar-refractivity contribution in [3.05, 3.63) is 0 Å². The molecular weight excluding hydrogens is 136 g/mol. The number of hydrogen-bond acceptors (Lipinski definition) is 3. The topological polar surface area (TPSA) is 41.8 Å². The average Bonchev–Trinajstić information content (AvgIpc) is 2.14. The molecule has 0 spiro atoms. The zero-order valence-electron chi connectivity index (χ0n) is 5.37. The van der Waals surface area contributed by atoms with Gasteiger partial charge in [-0.25, -0.2) is 0 Å². The van der Waals surface area contributed by atoms with Crippen LogP contribution in [0.5, 0.6) is 0 Å². The van der Waals surface area contributed by atoms with Gasteiger partial charge in [-0.05, 0) is 17.7 Å². The second-order valence-electron chi connectivity index (χ2n) is 2.23. The van der Waals surface area contributed by atoms with Gasteiger partial charge in [0.05, 0.1) is 0 Å². The van der Waals surface area contributed by atoms with Gasteiger partial charge in [-0.15, -0.1) is 5.11 Å². The van der Waals surface area contributed by atoms with Crippen LogP contribution < -0.4 is 0 Å². The molecule has 0 fully saturated rings. The van der Waals surface area contributed by atoms with E-state index in [1.165, 1.54) is 11.8 Å². The first-order valence-electron chi connectivity index (χ1n) is 2.81. The van der Waals surface area contributed by atoms with Crippen LogP contribution in [0.3, 0.4) is 0 Å². The molecule has 0 N–H and O–H groups in total. The summed E-state index contributed by atoms with van der Waals surface area (Å²) in [6, 6.07) is 0. The highest BCUT2D eigenvalue weighted by Gasteiger charge is 2.22. The highest BCUT2D eigenvalue weighted by Crippen LogP contribution is 2.28. The zero-order valence-corrected chi connectivity index (χ0v) is 6.18. The Labute approximate surface area is 57.9 Å². The van der Waals surface area contributed by atoms with Gasteiger partial charge in [0, 0.05) is 0 Å². The maximum atomic E-state index is 10.5. The highest BCUT2D eigenvalue weighted by atomic mass is 32.2. The van der Waals surface area contributed by atoms with Gasteiger partial charge in [0.1, 0.15) is 5.37 Å². The molecule has 0 saturated heterocycles.